The first kappa shape index (κ1) is 25.9. The monoisotopic (exact) mass is 454 g/mol. The predicted molar refractivity (Wildman–Crippen MR) is 123 cm³/mol. The standard InChI is InChI=1S/C24H37FN2O5.H2/c1-17(16-30-5)26-22(28)20-9-8-19(15-21(20)25)31-14-6-7-18-10-12-27(13-11-18)23(29)32-24(2,3)4;/h8-9,15,17-18H,6-7,10-14,16H2,1-5H3,(H,26,28);1H. The molecule has 1 N–H and O–H groups in total. The van der Waals surface area contributed by atoms with Crippen LogP contribution in [0.3, 0.4) is 0 Å². The third-order valence-corrected chi connectivity index (χ3v) is 5.27. The van der Waals surface area contributed by atoms with Gasteiger partial charge in [0.15, 0.2) is 0 Å². The molecule has 182 valence electrons. The maximum absolute atomic E-state index is 14.3. The van der Waals surface area contributed by atoms with Crippen molar-refractivity contribution in [2.75, 3.05) is 33.4 Å². The summed E-state index contributed by atoms with van der Waals surface area (Å²) in [5.74, 6) is -0.145. The van der Waals surface area contributed by atoms with Gasteiger partial charge >= 0.3 is 6.09 Å². The summed E-state index contributed by atoms with van der Waals surface area (Å²) < 4.78 is 30.4. The molecular weight excluding hydrogens is 415 g/mol. The Balaban J connectivity index is 0.00000544. The van der Waals surface area contributed by atoms with E-state index >= 15 is 0 Å². The lowest BCUT2D eigenvalue weighted by atomic mass is 9.92. The molecule has 0 aromatic heterocycles. The van der Waals surface area contributed by atoms with Gasteiger partial charge in [0.25, 0.3) is 5.91 Å². The van der Waals surface area contributed by atoms with Crippen molar-refractivity contribution in [3.63, 3.8) is 0 Å². The zero-order valence-electron chi connectivity index (χ0n) is 19.9. The summed E-state index contributed by atoms with van der Waals surface area (Å²) in [6, 6.07) is 4.08. The third kappa shape index (κ3) is 8.65. The van der Waals surface area contributed by atoms with Gasteiger partial charge in [0.05, 0.1) is 18.8 Å². The Hall–Kier alpha value is -2.35. The van der Waals surface area contributed by atoms with E-state index < -0.39 is 17.3 Å². The smallest absolute Gasteiger partial charge is 0.410 e. The number of nitrogens with one attached hydrogen (secondary N) is 1. The molecular formula is C24H39FN2O5. The fourth-order valence-electron chi connectivity index (χ4n) is 3.66. The van der Waals surface area contributed by atoms with E-state index in [0.717, 1.165) is 25.7 Å². The Bertz CT molecular complexity index is 764. The van der Waals surface area contributed by atoms with Crippen molar-refractivity contribution in [3.05, 3.63) is 29.6 Å². The number of likely N-dealkylation sites (tertiary alicyclic amines) is 1. The number of carbonyl (C=O) groups is 2. The molecule has 1 saturated heterocycles. The number of ether oxygens (including phenoxy) is 3. The minimum Gasteiger partial charge on any atom is -0.493 e. The summed E-state index contributed by atoms with van der Waals surface area (Å²) >= 11 is 0. The predicted octanol–water partition coefficient (Wildman–Crippen LogP) is 4.64. The van der Waals surface area contributed by atoms with Gasteiger partial charge in [-0.1, -0.05) is 0 Å². The number of nitrogens with zero attached hydrogens (tertiary/aromatic N) is 1. The third-order valence-electron chi connectivity index (χ3n) is 5.27. The molecule has 8 heteroatoms. The number of halogens is 1. The van der Waals surface area contributed by atoms with Crippen LogP contribution >= 0.6 is 0 Å². The van der Waals surface area contributed by atoms with Gasteiger partial charge in [-0.15, -0.1) is 0 Å². The molecule has 1 heterocycles. The van der Waals surface area contributed by atoms with Crippen LogP contribution in [0.5, 0.6) is 5.75 Å². The quantitative estimate of drug-likeness (QED) is 0.550. The number of hydrogen-bond donors (Lipinski definition) is 1. The first-order valence-electron chi connectivity index (χ1n) is 11.3. The summed E-state index contributed by atoms with van der Waals surface area (Å²) in [6.45, 7) is 9.64. The number of benzene rings is 1. The molecule has 1 aliphatic heterocycles. The Labute approximate surface area is 192 Å². The fourth-order valence-corrected chi connectivity index (χ4v) is 3.66. The van der Waals surface area contributed by atoms with Crippen LogP contribution in [0.4, 0.5) is 9.18 Å². The van der Waals surface area contributed by atoms with Crippen molar-refractivity contribution >= 4 is 12.0 Å². The van der Waals surface area contributed by atoms with Gasteiger partial charge in [0.2, 0.25) is 0 Å². The Morgan fingerprint density at radius 2 is 1.97 bits per heavy atom. The second-order valence-corrected chi connectivity index (χ2v) is 9.37. The minimum absolute atomic E-state index is 0. The molecule has 32 heavy (non-hydrogen) atoms. The van der Waals surface area contributed by atoms with E-state index in [0.29, 0.717) is 38.0 Å². The topological polar surface area (TPSA) is 77.1 Å². The molecule has 1 aromatic carbocycles. The van der Waals surface area contributed by atoms with Crippen LogP contribution in [0.1, 0.15) is 65.2 Å². The molecule has 7 nitrogen and oxygen atoms in total. The highest BCUT2D eigenvalue weighted by molar-refractivity contribution is 5.94. The van der Waals surface area contributed by atoms with Crippen molar-refractivity contribution in [2.24, 2.45) is 5.92 Å². The lowest BCUT2D eigenvalue weighted by molar-refractivity contribution is 0.0179. The van der Waals surface area contributed by atoms with E-state index in [-0.39, 0.29) is 19.1 Å². The van der Waals surface area contributed by atoms with E-state index in [1.807, 2.05) is 20.8 Å². The van der Waals surface area contributed by atoms with Crippen molar-refractivity contribution < 1.29 is 29.6 Å². The lowest BCUT2D eigenvalue weighted by Crippen LogP contribution is -2.41. The van der Waals surface area contributed by atoms with Gasteiger partial charge in [0.1, 0.15) is 17.2 Å². The van der Waals surface area contributed by atoms with E-state index in [9.17, 15) is 14.0 Å². The maximum Gasteiger partial charge on any atom is 0.410 e. The van der Waals surface area contributed by atoms with E-state index in [1.165, 1.54) is 12.1 Å². The summed E-state index contributed by atoms with van der Waals surface area (Å²) in [5.41, 5.74) is -0.494. The summed E-state index contributed by atoms with van der Waals surface area (Å²) in [7, 11) is 1.54. The number of hydrogen-bond acceptors (Lipinski definition) is 5. The molecule has 1 aromatic rings. The van der Waals surface area contributed by atoms with Crippen molar-refractivity contribution in [2.45, 2.75) is 65.0 Å². The number of amides is 2. The Morgan fingerprint density at radius 1 is 1.28 bits per heavy atom. The van der Waals surface area contributed by atoms with Gasteiger partial charge in [-0.25, -0.2) is 9.18 Å². The molecule has 0 saturated carbocycles. The molecule has 2 rings (SSSR count). The SMILES string of the molecule is COCC(C)NC(=O)c1ccc(OCCCC2CCN(C(=O)OC(C)(C)C)CC2)cc1F.[HH]. The van der Waals surface area contributed by atoms with Gasteiger partial charge in [-0.3, -0.25) is 4.79 Å². The minimum atomic E-state index is -0.612. The average Bonchev–Trinajstić information content (AvgIpc) is 2.70. The van der Waals surface area contributed by atoms with E-state index in [4.69, 9.17) is 14.2 Å². The van der Waals surface area contributed by atoms with Crippen LogP contribution < -0.4 is 10.1 Å². The summed E-state index contributed by atoms with van der Waals surface area (Å²) in [5, 5.41) is 2.69. The Morgan fingerprint density at radius 3 is 2.56 bits per heavy atom. The second-order valence-electron chi connectivity index (χ2n) is 9.37. The van der Waals surface area contributed by atoms with Gasteiger partial charge in [-0.05, 0) is 71.4 Å². The number of methoxy groups -OCH3 is 1. The van der Waals surface area contributed by atoms with Crippen LogP contribution in [-0.4, -0.2) is 62.0 Å². The first-order chi connectivity index (χ1) is 15.1. The highest BCUT2D eigenvalue weighted by Crippen LogP contribution is 2.24. The van der Waals surface area contributed by atoms with Crippen LogP contribution in [0, 0.1) is 11.7 Å². The number of piperidine rings is 1. The molecule has 2 amide bonds. The van der Waals surface area contributed by atoms with Crippen LogP contribution in [-0.2, 0) is 9.47 Å². The molecule has 1 atom stereocenters. The van der Waals surface area contributed by atoms with Gasteiger partial charge < -0.3 is 24.4 Å². The zero-order valence-corrected chi connectivity index (χ0v) is 19.9. The molecule has 0 bridgehead atoms. The largest absolute Gasteiger partial charge is 0.493 e. The molecule has 1 fully saturated rings. The average molecular weight is 455 g/mol. The van der Waals surface area contributed by atoms with Crippen molar-refractivity contribution in [1.82, 2.24) is 10.2 Å². The van der Waals surface area contributed by atoms with Gasteiger partial charge in [0, 0.05) is 33.7 Å². The molecule has 1 unspecified atom stereocenters. The van der Waals surface area contributed by atoms with Crippen molar-refractivity contribution in [3.8, 4) is 5.75 Å². The summed E-state index contributed by atoms with van der Waals surface area (Å²) in [6.07, 6.45) is 3.47. The highest BCUT2D eigenvalue weighted by Gasteiger charge is 2.26. The molecule has 1 aliphatic rings. The normalized spacial score (nSPS) is 15.9. The molecule has 0 aliphatic carbocycles. The maximum atomic E-state index is 14.3. The number of carbonyl (C=O) groups excluding carboxylic acids is 2. The van der Waals surface area contributed by atoms with E-state index in [2.05, 4.69) is 5.32 Å². The van der Waals surface area contributed by atoms with Crippen LogP contribution in [0.15, 0.2) is 18.2 Å². The van der Waals surface area contributed by atoms with Gasteiger partial charge in [-0.2, -0.15) is 0 Å². The fraction of sp³-hybridized carbons (Fsp3) is 0.667. The molecule has 0 radical (unpaired) electrons. The zero-order chi connectivity index (χ0) is 23.7. The first-order valence-corrected chi connectivity index (χ1v) is 11.3. The Kier molecular flexibility index (Phi) is 9.75. The number of rotatable bonds is 9. The molecule has 0 spiro atoms. The van der Waals surface area contributed by atoms with Crippen LogP contribution in [0.25, 0.3) is 0 Å². The highest BCUT2D eigenvalue weighted by atomic mass is 19.1. The lowest BCUT2D eigenvalue weighted by Gasteiger charge is -2.33. The van der Waals surface area contributed by atoms with Crippen LogP contribution in [0.2, 0.25) is 0 Å². The second kappa shape index (κ2) is 12.0. The van der Waals surface area contributed by atoms with Crippen molar-refractivity contribution in [1.29, 1.82) is 0 Å². The summed E-state index contributed by atoms with van der Waals surface area (Å²) in [4.78, 5) is 26.1. The van der Waals surface area contributed by atoms with E-state index in [1.54, 1.807) is 25.0 Å².